The van der Waals surface area contributed by atoms with Gasteiger partial charge in [0.15, 0.2) is 0 Å². The normalized spacial score (nSPS) is 56.5. The minimum atomic E-state index is 0.527. The molecule has 0 aromatic heterocycles. The first kappa shape index (κ1) is 7.34. The molecule has 0 aromatic carbocycles. The fourth-order valence-electron chi connectivity index (χ4n) is 4.72. The third kappa shape index (κ3) is 0.719. The lowest BCUT2D eigenvalue weighted by Crippen LogP contribution is -2.26. The molecular formula is C12H15Cl. The van der Waals surface area contributed by atoms with Crippen LogP contribution in [0.5, 0.6) is 0 Å². The highest BCUT2D eigenvalue weighted by molar-refractivity contribution is 6.21. The van der Waals surface area contributed by atoms with Crippen molar-refractivity contribution < 1.29 is 0 Å². The Morgan fingerprint density at radius 1 is 1.23 bits per heavy atom. The summed E-state index contributed by atoms with van der Waals surface area (Å²) in [7, 11) is 0. The number of hydrogen-bond donors (Lipinski definition) is 0. The molecule has 4 aliphatic carbocycles. The standard InChI is InChI=1S/C12H15Cl/c13-10-5-8-4-9(10)12-7-2-1-6(3-7)11(8)12/h7-10,12H,1-5H2. The minimum absolute atomic E-state index is 0.527. The van der Waals surface area contributed by atoms with Crippen molar-refractivity contribution >= 4 is 11.6 Å². The Balaban J connectivity index is 1.86. The van der Waals surface area contributed by atoms with Gasteiger partial charge in [0.2, 0.25) is 0 Å². The summed E-state index contributed by atoms with van der Waals surface area (Å²) in [6, 6.07) is 0. The van der Waals surface area contributed by atoms with Crippen LogP contribution in [-0.4, -0.2) is 5.38 Å². The van der Waals surface area contributed by atoms with Gasteiger partial charge in [-0.15, -0.1) is 11.6 Å². The molecule has 3 fully saturated rings. The van der Waals surface area contributed by atoms with E-state index in [1.807, 2.05) is 11.1 Å². The fraction of sp³-hybridized carbons (Fsp3) is 0.833. The summed E-state index contributed by atoms with van der Waals surface area (Å²) in [4.78, 5) is 0. The van der Waals surface area contributed by atoms with Gasteiger partial charge in [-0.25, -0.2) is 0 Å². The Morgan fingerprint density at radius 2 is 2.15 bits per heavy atom. The van der Waals surface area contributed by atoms with Gasteiger partial charge in [-0.2, -0.15) is 0 Å². The van der Waals surface area contributed by atoms with Crippen LogP contribution in [0.4, 0.5) is 0 Å². The molecule has 4 rings (SSSR count). The summed E-state index contributed by atoms with van der Waals surface area (Å²) >= 11 is 6.39. The van der Waals surface area contributed by atoms with Gasteiger partial charge in [0.05, 0.1) is 0 Å². The molecule has 70 valence electrons. The molecule has 0 aliphatic heterocycles. The quantitative estimate of drug-likeness (QED) is 0.410. The van der Waals surface area contributed by atoms with Crippen LogP contribution < -0.4 is 0 Å². The van der Waals surface area contributed by atoms with E-state index in [9.17, 15) is 0 Å². The summed E-state index contributed by atoms with van der Waals surface area (Å²) in [5.41, 5.74) is 3.78. The second-order valence-electron chi connectivity index (χ2n) is 5.44. The third-order valence-corrected chi connectivity index (χ3v) is 5.53. The number of halogens is 1. The summed E-state index contributed by atoms with van der Waals surface area (Å²) in [5, 5.41) is 0.527. The summed E-state index contributed by atoms with van der Waals surface area (Å²) < 4.78 is 0. The molecule has 0 aromatic rings. The average Bonchev–Trinajstić information content (AvgIpc) is 2.78. The van der Waals surface area contributed by atoms with Gasteiger partial charge in [0.25, 0.3) is 0 Å². The van der Waals surface area contributed by atoms with Crippen LogP contribution in [0.25, 0.3) is 0 Å². The van der Waals surface area contributed by atoms with Gasteiger partial charge in [-0.3, -0.25) is 0 Å². The van der Waals surface area contributed by atoms with E-state index in [4.69, 9.17) is 11.6 Å². The highest BCUT2D eigenvalue weighted by Gasteiger charge is 2.56. The molecule has 5 atom stereocenters. The Hall–Kier alpha value is 0.0300. The van der Waals surface area contributed by atoms with Crippen molar-refractivity contribution in [1.29, 1.82) is 0 Å². The second kappa shape index (κ2) is 2.16. The van der Waals surface area contributed by atoms with E-state index < -0.39 is 0 Å². The lowest BCUT2D eigenvalue weighted by atomic mass is 9.76. The maximum absolute atomic E-state index is 6.39. The highest BCUT2D eigenvalue weighted by Crippen LogP contribution is 2.65. The summed E-state index contributed by atoms with van der Waals surface area (Å²) in [5.74, 6) is 3.80. The maximum atomic E-state index is 6.39. The van der Waals surface area contributed by atoms with Gasteiger partial charge in [0, 0.05) is 5.38 Å². The molecule has 4 bridgehead atoms. The Bertz CT molecular complexity index is 304. The van der Waals surface area contributed by atoms with Crippen molar-refractivity contribution in [2.24, 2.45) is 23.7 Å². The summed E-state index contributed by atoms with van der Waals surface area (Å²) in [6.45, 7) is 0. The molecule has 0 saturated heterocycles. The Kier molecular flexibility index (Phi) is 1.22. The second-order valence-corrected chi connectivity index (χ2v) is 6.00. The maximum Gasteiger partial charge on any atom is 0.0376 e. The SMILES string of the molecule is ClC1CC2CC1C1C2=C2CCC1C2. The Morgan fingerprint density at radius 3 is 3.08 bits per heavy atom. The zero-order chi connectivity index (χ0) is 8.58. The van der Waals surface area contributed by atoms with Gasteiger partial charge >= 0.3 is 0 Å². The Labute approximate surface area is 84.3 Å². The molecule has 0 spiro atoms. The van der Waals surface area contributed by atoms with E-state index >= 15 is 0 Å². The predicted molar refractivity (Wildman–Crippen MR) is 53.7 cm³/mol. The van der Waals surface area contributed by atoms with Crippen LogP contribution in [0.1, 0.15) is 32.1 Å². The molecule has 1 heteroatoms. The van der Waals surface area contributed by atoms with Crippen LogP contribution in [0.2, 0.25) is 0 Å². The molecular weight excluding hydrogens is 180 g/mol. The van der Waals surface area contributed by atoms with Crippen LogP contribution in [0.15, 0.2) is 11.1 Å². The lowest BCUT2D eigenvalue weighted by Gasteiger charge is -2.31. The van der Waals surface area contributed by atoms with Crippen molar-refractivity contribution in [2.75, 3.05) is 0 Å². The van der Waals surface area contributed by atoms with E-state index in [1.54, 1.807) is 0 Å². The van der Waals surface area contributed by atoms with Gasteiger partial charge < -0.3 is 0 Å². The van der Waals surface area contributed by atoms with Gasteiger partial charge in [-0.1, -0.05) is 11.1 Å². The first-order chi connectivity index (χ1) is 6.34. The minimum Gasteiger partial charge on any atom is -0.123 e. The molecule has 5 unspecified atom stereocenters. The molecule has 13 heavy (non-hydrogen) atoms. The van der Waals surface area contributed by atoms with Crippen LogP contribution in [0, 0.1) is 23.7 Å². The number of alkyl halides is 1. The van der Waals surface area contributed by atoms with Crippen LogP contribution in [0.3, 0.4) is 0 Å². The van der Waals surface area contributed by atoms with Crippen molar-refractivity contribution in [3.8, 4) is 0 Å². The fourth-order valence-corrected chi connectivity index (χ4v) is 5.20. The van der Waals surface area contributed by atoms with E-state index in [-0.39, 0.29) is 0 Å². The molecule has 3 saturated carbocycles. The van der Waals surface area contributed by atoms with Gasteiger partial charge in [0.1, 0.15) is 0 Å². The molecule has 0 N–H and O–H groups in total. The van der Waals surface area contributed by atoms with Crippen molar-refractivity contribution in [2.45, 2.75) is 37.5 Å². The number of allylic oxidation sites excluding steroid dienone is 2. The first-order valence-electron chi connectivity index (χ1n) is 5.70. The van der Waals surface area contributed by atoms with Crippen molar-refractivity contribution in [3.05, 3.63) is 11.1 Å². The van der Waals surface area contributed by atoms with E-state index in [0.29, 0.717) is 5.38 Å². The summed E-state index contributed by atoms with van der Waals surface area (Å²) in [6.07, 6.45) is 7.11. The van der Waals surface area contributed by atoms with Crippen LogP contribution >= 0.6 is 11.6 Å². The third-order valence-electron chi connectivity index (χ3n) is 5.03. The van der Waals surface area contributed by atoms with Crippen LogP contribution in [-0.2, 0) is 0 Å². The van der Waals surface area contributed by atoms with Crippen molar-refractivity contribution in [3.63, 3.8) is 0 Å². The molecule has 0 amide bonds. The largest absolute Gasteiger partial charge is 0.123 e. The molecule has 0 radical (unpaired) electrons. The van der Waals surface area contributed by atoms with E-state index in [0.717, 1.165) is 23.7 Å². The van der Waals surface area contributed by atoms with Crippen molar-refractivity contribution in [1.82, 2.24) is 0 Å². The number of hydrogen-bond acceptors (Lipinski definition) is 0. The monoisotopic (exact) mass is 194 g/mol. The predicted octanol–water partition coefficient (Wildman–Crippen LogP) is 3.36. The number of fused-ring (bicyclic) bond motifs is 8. The topological polar surface area (TPSA) is 0 Å². The van der Waals surface area contributed by atoms with E-state index in [2.05, 4.69) is 0 Å². The van der Waals surface area contributed by atoms with Gasteiger partial charge in [-0.05, 0) is 55.8 Å². The lowest BCUT2D eigenvalue weighted by molar-refractivity contribution is 0.302. The number of rotatable bonds is 0. The molecule has 0 nitrogen and oxygen atoms in total. The van der Waals surface area contributed by atoms with E-state index in [1.165, 1.54) is 32.1 Å². The smallest absolute Gasteiger partial charge is 0.0376 e. The highest BCUT2D eigenvalue weighted by atomic mass is 35.5. The zero-order valence-electron chi connectivity index (χ0n) is 7.80. The molecule has 0 heterocycles. The molecule has 4 aliphatic rings. The zero-order valence-corrected chi connectivity index (χ0v) is 8.56. The average molecular weight is 195 g/mol. The first-order valence-corrected chi connectivity index (χ1v) is 6.14.